The van der Waals surface area contributed by atoms with Crippen molar-refractivity contribution in [2.75, 3.05) is 6.54 Å². The van der Waals surface area contributed by atoms with Crippen molar-refractivity contribution >= 4 is 6.09 Å². The van der Waals surface area contributed by atoms with Crippen molar-refractivity contribution in [3.8, 4) is 5.75 Å². The number of benzene rings is 1. The number of hydrogen-bond acceptors (Lipinski definition) is 2. The maximum Gasteiger partial charge on any atom is 0.412 e. The van der Waals surface area contributed by atoms with Crippen LogP contribution in [0.3, 0.4) is 0 Å². The average molecular weight is 360 g/mol. The van der Waals surface area contributed by atoms with Crippen LogP contribution in [0.2, 0.25) is 0 Å². The number of unbranched alkanes of at least 4 members (excludes halogenated alkanes) is 3. The van der Waals surface area contributed by atoms with Gasteiger partial charge in [-0.05, 0) is 54.6 Å². The van der Waals surface area contributed by atoms with Crippen molar-refractivity contribution in [3.05, 3.63) is 29.8 Å². The molecule has 1 saturated carbocycles. The number of carbonyl (C=O) groups excluding carboxylic acids is 1. The molecule has 26 heavy (non-hydrogen) atoms. The van der Waals surface area contributed by atoms with Crippen molar-refractivity contribution in [1.82, 2.24) is 5.32 Å². The molecular formula is C23H37NO2. The predicted octanol–water partition coefficient (Wildman–Crippen LogP) is 6.50. The van der Waals surface area contributed by atoms with Gasteiger partial charge in [-0.15, -0.1) is 0 Å². The van der Waals surface area contributed by atoms with Crippen LogP contribution in [-0.2, 0) is 6.42 Å². The smallest absolute Gasteiger partial charge is 0.410 e. The molecular weight excluding hydrogens is 322 g/mol. The molecule has 0 saturated heterocycles. The first-order valence-electron chi connectivity index (χ1n) is 10.4. The number of para-hydroxylation sites is 1. The van der Waals surface area contributed by atoms with Gasteiger partial charge in [0.25, 0.3) is 0 Å². The third-order valence-corrected chi connectivity index (χ3v) is 5.67. The molecule has 1 atom stereocenters. The summed E-state index contributed by atoms with van der Waals surface area (Å²) in [5.74, 6) is 0.704. The Kier molecular flexibility index (Phi) is 7.55. The van der Waals surface area contributed by atoms with E-state index < -0.39 is 0 Å². The Bertz CT molecular complexity index is 581. The van der Waals surface area contributed by atoms with E-state index in [1.165, 1.54) is 38.5 Å². The number of nitrogens with one attached hydrogen (secondary N) is 1. The zero-order valence-electron chi connectivity index (χ0n) is 17.2. The molecule has 0 heterocycles. The molecule has 2 rings (SSSR count). The third-order valence-electron chi connectivity index (χ3n) is 5.67. The first-order chi connectivity index (χ1) is 12.3. The minimum Gasteiger partial charge on any atom is -0.410 e. The van der Waals surface area contributed by atoms with Crippen LogP contribution in [0.4, 0.5) is 4.79 Å². The quantitative estimate of drug-likeness (QED) is 0.538. The van der Waals surface area contributed by atoms with Crippen molar-refractivity contribution in [3.63, 3.8) is 0 Å². The van der Waals surface area contributed by atoms with Crippen LogP contribution in [0.1, 0.15) is 84.6 Å². The largest absolute Gasteiger partial charge is 0.412 e. The van der Waals surface area contributed by atoms with Gasteiger partial charge in [-0.3, -0.25) is 0 Å². The van der Waals surface area contributed by atoms with E-state index in [1.54, 1.807) is 0 Å². The fourth-order valence-corrected chi connectivity index (χ4v) is 4.45. The van der Waals surface area contributed by atoms with Gasteiger partial charge in [0, 0.05) is 6.54 Å². The molecule has 1 aromatic rings. The topological polar surface area (TPSA) is 38.3 Å². The molecule has 1 fully saturated rings. The molecule has 0 radical (unpaired) electrons. The number of carbonyl (C=O) groups is 1. The third kappa shape index (κ3) is 6.66. The number of ether oxygens (including phenoxy) is 1. The summed E-state index contributed by atoms with van der Waals surface area (Å²) < 4.78 is 5.64. The zero-order chi connectivity index (χ0) is 19.0. The minimum atomic E-state index is -0.324. The Labute approximate surface area is 159 Å². The van der Waals surface area contributed by atoms with E-state index in [-0.39, 0.29) is 11.5 Å². The molecule has 0 aliphatic heterocycles. The second kappa shape index (κ2) is 9.43. The SMILES string of the molecule is CCCCCCc1ccccc1OC(=O)NCC1(C)CCCC(C)(C)C1. The summed E-state index contributed by atoms with van der Waals surface area (Å²) in [6.07, 6.45) is 10.3. The highest BCUT2D eigenvalue weighted by Gasteiger charge is 2.36. The van der Waals surface area contributed by atoms with Crippen LogP contribution < -0.4 is 10.1 Å². The van der Waals surface area contributed by atoms with E-state index in [0.29, 0.717) is 17.7 Å². The Morgan fingerprint density at radius 2 is 1.88 bits per heavy atom. The Balaban J connectivity index is 1.86. The Morgan fingerprint density at radius 1 is 1.12 bits per heavy atom. The predicted molar refractivity (Wildman–Crippen MR) is 109 cm³/mol. The van der Waals surface area contributed by atoms with E-state index in [1.807, 2.05) is 18.2 Å². The molecule has 1 N–H and O–H groups in total. The van der Waals surface area contributed by atoms with Gasteiger partial charge in [-0.1, -0.05) is 71.6 Å². The second-order valence-corrected chi connectivity index (χ2v) is 9.17. The highest BCUT2D eigenvalue weighted by atomic mass is 16.6. The van der Waals surface area contributed by atoms with Crippen LogP contribution in [0.15, 0.2) is 24.3 Å². The van der Waals surface area contributed by atoms with Gasteiger partial charge in [0.1, 0.15) is 5.75 Å². The highest BCUT2D eigenvalue weighted by molar-refractivity contribution is 5.70. The molecule has 1 aliphatic rings. The average Bonchev–Trinajstić information content (AvgIpc) is 2.57. The van der Waals surface area contributed by atoms with E-state index in [0.717, 1.165) is 24.8 Å². The summed E-state index contributed by atoms with van der Waals surface area (Å²) in [5, 5.41) is 3.02. The first kappa shape index (κ1) is 20.8. The van der Waals surface area contributed by atoms with Gasteiger partial charge in [-0.2, -0.15) is 0 Å². The second-order valence-electron chi connectivity index (χ2n) is 9.17. The van der Waals surface area contributed by atoms with Crippen molar-refractivity contribution in [2.24, 2.45) is 10.8 Å². The highest BCUT2D eigenvalue weighted by Crippen LogP contribution is 2.45. The molecule has 1 aliphatic carbocycles. The lowest BCUT2D eigenvalue weighted by Gasteiger charge is -2.42. The van der Waals surface area contributed by atoms with Gasteiger partial charge in [0.2, 0.25) is 0 Å². The lowest BCUT2D eigenvalue weighted by molar-refractivity contribution is 0.0969. The number of rotatable bonds is 8. The standard InChI is InChI=1S/C23H37NO2/c1-5-6-7-8-12-19-13-9-10-14-20(19)26-21(25)24-18-23(4)16-11-15-22(2,3)17-23/h9-10,13-14H,5-8,11-12,15-18H2,1-4H3,(H,24,25). The van der Waals surface area contributed by atoms with Gasteiger partial charge >= 0.3 is 6.09 Å². The minimum absolute atomic E-state index is 0.167. The number of aryl methyl sites for hydroxylation is 1. The molecule has 0 aromatic heterocycles. The van der Waals surface area contributed by atoms with E-state index in [4.69, 9.17) is 4.74 Å². The summed E-state index contributed by atoms with van der Waals surface area (Å²) in [5.41, 5.74) is 1.66. The van der Waals surface area contributed by atoms with Crippen LogP contribution in [0, 0.1) is 10.8 Å². The molecule has 3 nitrogen and oxygen atoms in total. The van der Waals surface area contributed by atoms with Gasteiger partial charge in [0.15, 0.2) is 0 Å². The molecule has 0 spiro atoms. The number of amides is 1. The van der Waals surface area contributed by atoms with E-state index >= 15 is 0 Å². The lowest BCUT2D eigenvalue weighted by atomic mass is 9.64. The maximum absolute atomic E-state index is 12.4. The molecule has 1 amide bonds. The molecule has 1 unspecified atom stereocenters. The first-order valence-corrected chi connectivity index (χ1v) is 10.4. The van der Waals surface area contributed by atoms with Gasteiger partial charge in [0.05, 0.1) is 0 Å². The van der Waals surface area contributed by atoms with Crippen LogP contribution in [0.5, 0.6) is 5.75 Å². The summed E-state index contributed by atoms with van der Waals surface area (Å²) in [4.78, 5) is 12.4. The normalized spacial score (nSPS) is 22.0. The zero-order valence-corrected chi connectivity index (χ0v) is 17.2. The van der Waals surface area contributed by atoms with Crippen LogP contribution >= 0.6 is 0 Å². The summed E-state index contributed by atoms with van der Waals surface area (Å²) in [6.45, 7) is 9.86. The fraction of sp³-hybridized carbons (Fsp3) is 0.696. The fourth-order valence-electron chi connectivity index (χ4n) is 4.45. The van der Waals surface area contributed by atoms with E-state index in [9.17, 15) is 4.79 Å². The molecule has 146 valence electrons. The van der Waals surface area contributed by atoms with Gasteiger partial charge in [-0.25, -0.2) is 4.79 Å². The Hall–Kier alpha value is -1.51. The lowest BCUT2D eigenvalue weighted by Crippen LogP contribution is -2.41. The summed E-state index contributed by atoms with van der Waals surface area (Å²) in [6, 6.07) is 7.92. The van der Waals surface area contributed by atoms with Crippen molar-refractivity contribution in [2.45, 2.75) is 85.5 Å². The Morgan fingerprint density at radius 3 is 2.62 bits per heavy atom. The molecule has 3 heteroatoms. The monoisotopic (exact) mass is 359 g/mol. The molecule has 0 bridgehead atoms. The van der Waals surface area contributed by atoms with Gasteiger partial charge < -0.3 is 10.1 Å². The maximum atomic E-state index is 12.4. The summed E-state index contributed by atoms with van der Waals surface area (Å²) >= 11 is 0. The molecule has 1 aromatic carbocycles. The summed E-state index contributed by atoms with van der Waals surface area (Å²) in [7, 11) is 0. The van der Waals surface area contributed by atoms with E-state index in [2.05, 4.69) is 39.1 Å². The number of hydrogen-bond donors (Lipinski definition) is 1. The van der Waals surface area contributed by atoms with Crippen LogP contribution in [0.25, 0.3) is 0 Å². The van der Waals surface area contributed by atoms with Crippen molar-refractivity contribution in [1.29, 1.82) is 0 Å². The van der Waals surface area contributed by atoms with Crippen LogP contribution in [-0.4, -0.2) is 12.6 Å². The van der Waals surface area contributed by atoms with Crippen molar-refractivity contribution < 1.29 is 9.53 Å².